The maximum atomic E-state index is 5.49. The molecular formula is C14H24IN7O. The number of aromatic nitrogens is 3. The summed E-state index contributed by atoms with van der Waals surface area (Å²) >= 11 is 0. The van der Waals surface area contributed by atoms with Gasteiger partial charge in [0.1, 0.15) is 17.9 Å². The molecule has 0 aromatic carbocycles. The van der Waals surface area contributed by atoms with Crippen molar-refractivity contribution in [3.8, 4) is 0 Å². The van der Waals surface area contributed by atoms with Crippen molar-refractivity contribution in [2.75, 3.05) is 27.7 Å². The Morgan fingerprint density at radius 1 is 1.43 bits per heavy atom. The van der Waals surface area contributed by atoms with Gasteiger partial charge in [-0.05, 0) is 26.2 Å². The van der Waals surface area contributed by atoms with Crippen LogP contribution in [0.5, 0.6) is 0 Å². The number of furan rings is 1. The standard InChI is InChI=1S/C14H23N7O.HI/c1-15-14(17-9-13-18-10-19-21(13)4)16-8-11(20(2)3)12-6-5-7-22-12;/h5-7,10-11H,8-9H2,1-4H3,(H2,15,16,17);1H. The van der Waals surface area contributed by atoms with Crippen molar-refractivity contribution >= 4 is 29.9 Å². The van der Waals surface area contributed by atoms with Crippen LogP contribution in [-0.4, -0.2) is 53.3 Å². The fourth-order valence-corrected chi connectivity index (χ4v) is 2.08. The molecule has 2 aromatic rings. The Morgan fingerprint density at radius 2 is 2.22 bits per heavy atom. The van der Waals surface area contributed by atoms with E-state index in [9.17, 15) is 0 Å². The van der Waals surface area contributed by atoms with E-state index in [1.54, 1.807) is 18.0 Å². The number of guanidine groups is 1. The molecule has 0 fully saturated rings. The molecule has 2 aromatic heterocycles. The molecule has 0 amide bonds. The Labute approximate surface area is 153 Å². The highest BCUT2D eigenvalue weighted by molar-refractivity contribution is 14.0. The van der Waals surface area contributed by atoms with E-state index in [0.717, 1.165) is 11.6 Å². The maximum absolute atomic E-state index is 5.49. The van der Waals surface area contributed by atoms with Crippen molar-refractivity contribution < 1.29 is 4.42 Å². The molecule has 0 bridgehead atoms. The van der Waals surface area contributed by atoms with E-state index in [4.69, 9.17) is 4.42 Å². The van der Waals surface area contributed by atoms with Crippen LogP contribution in [0.25, 0.3) is 0 Å². The van der Waals surface area contributed by atoms with Crippen LogP contribution < -0.4 is 10.6 Å². The largest absolute Gasteiger partial charge is 0.468 e. The second-order valence-corrected chi connectivity index (χ2v) is 5.10. The number of hydrogen-bond donors (Lipinski definition) is 2. The number of likely N-dealkylation sites (N-methyl/N-ethyl adjacent to an activating group) is 1. The molecule has 0 aliphatic carbocycles. The molecule has 0 saturated carbocycles. The van der Waals surface area contributed by atoms with Crippen molar-refractivity contribution in [2.45, 2.75) is 12.6 Å². The van der Waals surface area contributed by atoms with Crippen molar-refractivity contribution in [1.82, 2.24) is 30.3 Å². The van der Waals surface area contributed by atoms with Gasteiger partial charge in [-0.25, -0.2) is 4.98 Å². The van der Waals surface area contributed by atoms with Crippen LogP contribution in [0, 0.1) is 0 Å². The van der Waals surface area contributed by atoms with E-state index >= 15 is 0 Å². The predicted molar refractivity (Wildman–Crippen MR) is 99.8 cm³/mol. The average molecular weight is 433 g/mol. The zero-order chi connectivity index (χ0) is 15.9. The van der Waals surface area contributed by atoms with Gasteiger partial charge in [-0.3, -0.25) is 14.6 Å². The van der Waals surface area contributed by atoms with Gasteiger partial charge in [0.05, 0.1) is 18.8 Å². The zero-order valence-electron chi connectivity index (χ0n) is 13.9. The first-order chi connectivity index (χ1) is 10.6. The molecular weight excluding hydrogens is 409 g/mol. The molecule has 2 heterocycles. The summed E-state index contributed by atoms with van der Waals surface area (Å²) in [5, 5.41) is 10.6. The Morgan fingerprint density at radius 3 is 2.74 bits per heavy atom. The number of halogens is 1. The van der Waals surface area contributed by atoms with Crippen LogP contribution in [0.15, 0.2) is 34.1 Å². The Kier molecular flexibility index (Phi) is 8.03. The van der Waals surface area contributed by atoms with Gasteiger partial charge in [-0.2, -0.15) is 5.10 Å². The van der Waals surface area contributed by atoms with Crippen molar-refractivity contribution in [1.29, 1.82) is 0 Å². The monoisotopic (exact) mass is 433 g/mol. The molecule has 0 radical (unpaired) electrons. The first kappa shape index (κ1) is 19.4. The fourth-order valence-electron chi connectivity index (χ4n) is 2.08. The summed E-state index contributed by atoms with van der Waals surface area (Å²) in [6.07, 6.45) is 3.22. The smallest absolute Gasteiger partial charge is 0.191 e. The summed E-state index contributed by atoms with van der Waals surface area (Å²) < 4.78 is 7.22. The Hall–Kier alpha value is -1.62. The number of aliphatic imine (C=N–C) groups is 1. The summed E-state index contributed by atoms with van der Waals surface area (Å²) in [5.41, 5.74) is 0. The topological polar surface area (TPSA) is 83.5 Å². The third-order valence-electron chi connectivity index (χ3n) is 3.40. The van der Waals surface area contributed by atoms with Crippen LogP contribution in [0.2, 0.25) is 0 Å². The molecule has 0 aliphatic heterocycles. The van der Waals surface area contributed by atoms with Crippen LogP contribution >= 0.6 is 24.0 Å². The lowest BCUT2D eigenvalue weighted by atomic mass is 10.2. The zero-order valence-corrected chi connectivity index (χ0v) is 16.2. The molecule has 128 valence electrons. The number of rotatable bonds is 6. The lowest BCUT2D eigenvalue weighted by Crippen LogP contribution is -2.41. The van der Waals surface area contributed by atoms with Crippen molar-refractivity contribution in [3.63, 3.8) is 0 Å². The van der Waals surface area contributed by atoms with Gasteiger partial charge in [0.15, 0.2) is 5.96 Å². The van der Waals surface area contributed by atoms with Gasteiger partial charge in [0.25, 0.3) is 0 Å². The van der Waals surface area contributed by atoms with E-state index in [2.05, 4.69) is 30.6 Å². The highest BCUT2D eigenvalue weighted by Crippen LogP contribution is 2.17. The first-order valence-corrected chi connectivity index (χ1v) is 7.09. The third kappa shape index (κ3) is 5.50. The van der Waals surface area contributed by atoms with Crippen LogP contribution in [-0.2, 0) is 13.6 Å². The van der Waals surface area contributed by atoms with Crippen molar-refractivity contribution in [2.24, 2.45) is 12.0 Å². The number of aryl methyl sites for hydroxylation is 1. The van der Waals surface area contributed by atoms with Gasteiger partial charge >= 0.3 is 0 Å². The molecule has 1 atom stereocenters. The van der Waals surface area contributed by atoms with E-state index < -0.39 is 0 Å². The number of hydrogen-bond acceptors (Lipinski definition) is 5. The van der Waals surface area contributed by atoms with Gasteiger partial charge in [-0.1, -0.05) is 0 Å². The SMILES string of the molecule is CN=C(NCc1ncnn1C)NCC(c1ccco1)N(C)C.I. The lowest BCUT2D eigenvalue weighted by molar-refractivity contribution is 0.258. The second-order valence-electron chi connectivity index (χ2n) is 5.10. The Balaban J connectivity index is 0.00000264. The summed E-state index contributed by atoms with van der Waals surface area (Å²) in [7, 11) is 7.64. The predicted octanol–water partition coefficient (Wildman–Crippen LogP) is 0.994. The molecule has 9 heteroatoms. The van der Waals surface area contributed by atoms with E-state index in [1.165, 1.54) is 6.33 Å². The number of nitrogens with zero attached hydrogens (tertiary/aromatic N) is 5. The first-order valence-electron chi connectivity index (χ1n) is 7.09. The summed E-state index contributed by atoms with van der Waals surface area (Å²) in [6, 6.07) is 4.00. The molecule has 8 nitrogen and oxygen atoms in total. The minimum atomic E-state index is 0. The van der Waals surface area contributed by atoms with Crippen LogP contribution in [0.4, 0.5) is 0 Å². The van der Waals surface area contributed by atoms with Gasteiger partial charge in [0.2, 0.25) is 0 Å². The Bertz CT molecular complexity index is 594. The molecule has 23 heavy (non-hydrogen) atoms. The molecule has 0 spiro atoms. The highest BCUT2D eigenvalue weighted by atomic mass is 127. The summed E-state index contributed by atoms with van der Waals surface area (Å²) in [5.74, 6) is 2.47. The average Bonchev–Trinajstić information content (AvgIpc) is 3.14. The molecule has 2 rings (SSSR count). The quantitative estimate of drug-likeness (QED) is 0.402. The number of nitrogens with one attached hydrogen (secondary N) is 2. The second kappa shape index (κ2) is 9.50. The molecule has 0 saturated heterocycles. The van der Waals surface area contributed by atoms with Gasteiger partial charge < -0.3 is 15.1 Å². The highest BCUT2D eigenvalue weighted by Gasteiger charge is 2.17. The summed E-state index contributed by atoms with van der Waals surface area (Å²) in [6.45, 7) is 1.24. The molecule has 2 N–H and O–H groups in total. The van der Waals surface area contributed by atoms with Crippen molar-refractivity contribution in [3.05, 3.63) is 36.3 Å². The van der Waals surface area contributed by atoms with E-state index in [-0.39, 0.29) is 30.0 Å². The fraction of sp³-hybridized carbons (Fsp3) is 0.500. The lowest BCUT2D eigenvalue weighted by Gasteiger charge is -2.23. The molecule has 0 aliphatic rings. The summed E-state index contributed by atoms with van der Waals surface area (Å²) in [4.78, 5) is 10.5. The van der Waals surface area contributed by atoms with E-state index in [1.807, 2.05) is 33.3 Å². The normalized spacial score (nSPS) is 12.8. The van der Waals surface area contributed by atoms with Crippen LogP contribution in [0.3, 0.4) is 0 Å². The van der Waals surface area contributed by atoms with Crippen LogP contribution in [0.1, 0.15) is 17.6 Å². The minimum absolute atomic E-state index is 0. The van der Waals surface area contributed by atoms with E-state index in [0.29, 0.717) is 19.0 Å². The molecule has 1 unspecified atom stereocenters. The minimum Gasteiger partial charge on any atom is -0.468 e. The third-order valence-corrected chi connectivity index (χ3v) is 3.40. The van der Waals surface area contributed by atoms with Gasteiger partial charge in [0, 0.05) is 20.6 Å². The van der Waals surface area contributed by atoms with Gasteiger partial charge in [-0.15, -0.1) is 24.0 Å². The maximum Gasteiger partial charge on any atom is 0.191 e.